The normalized spacial score (nSPS) is 9.81. The third-order valence-corrected chi connectivity index (χ3v) is 2.00. The Morgan fingerprint density at radius 2 is 2.00 bits per heavy atom. The van der Waals surface area contributed by atoms with Crippen molar-refractivity contribution in [2.24, 2.45) is 0 Å². The van der Waals surface area contributed by atoms with Gasteiger partial charge in [-0.15, -0.1) is 0 Å². The van der Waals surface area contributed by atoms with E-state index in [1.807, 2.05) is 0 Å². The van der Waals surface area contributed by atoms with Crippen molar-refractivity contribution in [1.82, 2.24) is 5.32 Å². The number of hydrogen-bond donors (Lipinski definition) is 1. The summed E-state index contributed by atoms with van der Waals surface area (Å²) in [5.74, 6) is -0.651. The third kappa shape index (κ3) is 3.64. The number of alkyl halides is 1. The van der Waals surface area contributed by atoms with Crippen LogP contribution in [0, 0.1) is 10.1 Å². The molecule has 0 fully saturated rings. The third-order valence-electron chi connectivity index (χ3n) is 2.00. The minimum Gasteiger partial charge on any atom is -0.353 e. The van der Waals surface area contributed by atoms with Gasteiger partial charge in [0.1, 0.15) is 0 Å². The average molecular weight is 226 g/mol. The zero-order chi connectivity index (χ0) is 12.0. The van der Waals surface area contributed by atoms with E-state index < -0.39 is 17.5 Å². The van der Waals surface area contributed by atoms with Crippen molar-refractivity contribution >= 4 is 11.6 Å². The summed E-state index contributed by atoms with van der Waals surface area (Å²) in [5.41, 5.74) is 0.876. The van der Waals surface area contributed by atoms with E-state index in [2.05, 4.69) is 5.32 Å². The lowest BCUT2D eigenvalue weighted by atomic mass is 10.1. The van der Waals surface area contributed by atoms with Crippen molar-refractivity contribution in [3.8, 4) is 0 Å². The molecule has 0 radical (unpaired) electrons. The molecule has 0 aromatic heterocycles. The van der Waals surface area contributed by atoms with Crippen LogP contribution >= 0.6 is 0 Å². The highest BCUT2D eigenvalue weighted by Crippen LogP contribution is 2.11. The minimum absolute atomic E-state index is 0.0246. The molecule has 0 heterocycles. The van der Waals surface area contributed by atoms with Crippen LogP contribution in [0.25, 0.3) is 0 Å². The van der Waals surface area contributed by atoms with Gasteiger partial charge in [0.05, 0.1) is 4.92 Å². The van der Waals surface area contributed by atoms with Crippen LogP contribution in [0.3, 0.4) is 0 Å². The van der Waals surface area contributed by atoms with E-state index in [4.69, 9.17) is 0 Å². The molecule has 0 atom stereocenters. The lowest BCUT2D eigenvalue weighted by Gasteiger charge is -2.02. The van der Waals surface area contributed by atoms with Gasteiger partial charge in [-0.3, -0.25) is 14.9 Å². The standard InChI is InChI=1S/C10H11FN2O3/c11-7-10(14)12-6-5-8-1-3-9(4-2-8)13(15)16/h1-4H,5-7H2,(H,12,14). The molecule has 0 unspecified atom stereocenters. The molecule has 0 saturated carbocycles. The Morgan fingerprint density at radius 3 is 2.50 bits per heavy atom. The van der Waals surface area contributed by atoms with Crippen molar-refractivity contribution in [1.29, 1.82) is 0 Å². The molecule has 1 aromatic rings. The summed E-state index contributed by atoms with van der Waals surface area (Å²) >= 11 is 0. The first kappa shape index (κ1) is 12.1. The van der Waals surface area contributed by atoms with Crippen molar-refractivity contribution < 1.29 is 14.1 Å². The van der Waals surface area contributed by atoms with Gasteiger partial charge in [0.15, 0.2) is 6.67 Å². The fourth-order valence-corrected chi connectivity index (χ4v) is 1.18. The number of nitrogens with one attached hydrogen (secondary N) is 1. The van der Waals surface area contributed by atoms with E-state index in [0.717, 1.165) is 5.56 Å². The quantitative estimate of drug-likeness (QED) is 0.606. The zero-order valence-corrected chi connectivity index (χ0v) is 8.48. The molecule has 0 aliphatic carbocycles. The SMILES string of the molecule is O=C(CF)NCCc1ccc([N+](=O)[O-])cc1. The van der Waals surface area contributed by atoms with Crippen LogP contribution in [0.5, 0.6) is 0 Å². The van der Waals surface area contributed by atoms with Crippen LogP contribution in [0.4, 0.5) is 10.1 Å². The summed E-state index contributed by atoms with van der Waals surface area (Å²) in [6.45, 7) is -0.708. The van der Waals surface area contributed by atoms with Crippen molar-refractivity contribution in [3.63, 3.8) is 0 Å². The minimum atomic E-state index is -1.03. The fourth-order valence-electron chi connectivity index (χ4n) is 1.18. The van der Waals surface area contributed by atoms with Crippen molar-refractivity contribution in [2.75, 3.05) is 13.2 Å². The van der Waals surface area contributed by atoms with Gasteiger partial charge in [0.2, 0.25) is 0 Å². The number of rotatable bonds is 5. The van der Waals surface area contributed by atoms with Crippen LogP contribution in [-0.4, -0.2) is 24.0 Å². The molecule has 0 saturated heterocycles. The molecular weight excluding hydrogens is 215 g/mol. The Morgan fingerprint density at radius 1 is 1.38 bits per heavy atom. The molecule has 5 nitrogen and oxygen atoms in total. The van der Waals surface area contributed by atoms with Gasteiger partial charge in [-0.1, -0.05) is 12.1 Å². The van der Waals surface area contributed by atoms with E-state index >= 15 is 0 Å². The van der Waals surface area contributed by atoms with E-state index in [-0.39, 0.29) is 5.69 Å². The summed E-state index contributed by atoms with van der Waals surface area (Å²) in [6.07, 6.45) is 0.518. The Labute approximate surface area is 91.4 Å². The van der Waals surface area contributed by atoms with Crippen molar-refractivity contribution in [3.05, 3.63) is 39.9 Å². The van der Waals surface area contributed by atoms with Crippen LogP contribution in [0.2, 0.25) is 0 Å². The number of hydrogen-bond acceptors (Lipinski definition) is 3. The lowest BCUT2D eigenvalue weighted by molar-refractivity contribution is -0.384. The Bertz CT molecular complexity index is 378. The van der Waals surface area contributed by atoms with Gasteiger partial charge in [0, 0.05) is 18.7 Å². The molecule has 1 rings (SSSR count). The van der Waals surface area contributed by atoms with Crippen LogP contribution in [0.15, 0.2) is 24.3 Å². The van der Waals surface area contributed by atoms with Gasteiger partial charge >= 0.3 is 0 Å². The first-order chi connectivity index (χ1) is 7.63. The molecular formula is C10H11FN2O3. The Balaban J connectivity index is 2.43. The second kappa shape index (κ2) is 5.79. The summed E-state index contributed by atoms with van der Waals surface area (Å²) in [5, 5.41) is 12.7. The molecule has 0 aliphatic rings. The van der Waals surface area contributed by atoms with Gasteiger partial charge in [-0.25, -0.2) is 4.39 Å². The molecule has 6 heteroatoms. The second-order valence-electron chi connectivity index (χ2n) is 3.16. The molecule has 1 N–H and O–H groups in total. The molecule has 1 aromatic carbocycles. The second-order valence-corrected chi connectivity index (χ2v) is 3.16. The molecule has 0 aliphatic heterocycles. The van der Waals surface area contributed by atoms with Gasteiger partial charge in [0.25, 0.3) is 11.6 Å². The van der Waals surface area contributed by atoms with E-state index in [0.29, 0.717) is 13.0 Å². The van der Waals surface area contributed by atoms with E-state index in [1.54, 1.807) is 12.1 Å². The summed E-state index contributed by atoms with van der Waals surface area (Å²) < 4.78 is 11.8. The first-order valence-electron chi connectivity index (χ1n) is 4.69. The molecule has 16 heavy (non-hydrogen) atoms. The number of non-ortho nitro benzene ring substituents is 1. The maximum absolute atomic E-state index is 11.8. The highest BCUT2D eigenvalue weighted by molar-refractivity contribution is 5.76. The zero-order valence-electron chi connectivity index (χ0n) is 8.48. The number of carbonyl (C=O) groups excluding carboxylic acids is 1. The monoisotopic (exact) mass is 226 g/mol. The molecule has 0 bridgehead atoms. The highest BCUT2D eigenvalue weighted by Gasteiger charge is 2.04. The molecule has 86 valence electrons. The van der Waals surface area contributed by atoms with Gasteiger partial charge < -0.3 is 5.32 Å². The Kier molecular flexibility index (Phi) is 4.38. The van der Waals surface area contributed by atoms with Crippen LogP contribution in [0.1, 0.15) is 5.56 Å². The van der Waals surface area contributed by atoms with Crippen LogP contribution < -0.4 is 5.32 Å². The predicted octanol–water partition coefficient (Wildman–Crippen LogP) is 1.22. The predicted molar refractivity (Wildman–Crippen MR) is 55.8 cm³/mol. The molecule has 1 amide bonds. The average Bonchev–Trinajstić information content (AvgIpc) is 2.29. The maximum atomic E-state index is 11.8. The number of amides is 1. The van der Waals surface area contributed by atoms with Gasteiger partial charge in [-0.05, 0) is 12.0 Å². The number of halogens is 1. The topological polar surface area (TPSA) is 72.2 Å². The maximum Gasteiger partial charge on any atom is 0.269 e. The Hall–Kier alpha value is -1.98. The number of carbonyl (C=O) groups is 1. The number of nitrogens with zero attached hydrogens (tertiary/aromatic N) is 1. The van der Waals surface area contributed by atoms with Crippen molar-refractivity contribution in [2.45, 2.75) is 6.42 Å². The summed E-state index contributed by atoms with van der Waals surface area (Å²) in [6, 6.07) is 6.01. The van der Waals surface area contributed by atoms with Crippen LogP contribution in [-0.2, 0) is 11.2 Å². The fraction of sp³-hybridized carbons (Fsp3) is 0.300. The lowest BCUT2D eigenvalue weighted by Crippen LogP contribution is -2.26. The number of nitro groups is 1. The number of benzene rings is 1. The summed E-state index contributed by atoms with van der Waals surface area (Å²) in [4.78, 5) is 20.5. The highest BCUT2D eigenvalue weighted by atomic mass is 19.1. The smallest absolute Gasteiger partial charge is 0.269 e. The molecule has 0 spiro atoms. The van der Waals surface area contributed by atoms with E-state index in [9.17, 15) is 19.3 Å². The largest absolute Gasteiger partial charge is 0.353 e. The van der Waals surface area contributed by atoms with E-state index in [1.165, 1.54) is 12.1 Å². The van der Waals surface area contributed by atoms with Gasteiger partial charge in [-0.2, -0.15) is 0 Å². The first-order valence-corrected chi connectivity index (χ1v) is 4.69. The summed E-state index contributed by atoms with van der Waals surface area (Å²) in [7, 11) is 0. The number of nitro benzene ring substituents is 1.